The van der Waals surface area contributed by atoms with Crippen molar-refractivity contribution in [3.05, 3.63) is 0 Å². The average Bonchev–Trinajstić information content (AvgIpc) is 2.76. The smallest absolute Gasteiger partial charge is 0.222 e. The molecule has 0 spiro atoms. The van der Waals surface area contributed by atoms with E-state index in [1.807, 2.05) is 11.9 Å². The van der Waals surface area contributed by atoms with E-state index >= 15 is 0 Å². The first-order chi connectivity index (χ1) is 8.15. The molecule has 1 unspecified atom stereocenters. The van der Waals surface area contributed by atoms with E-state index in [1.54, 1.807) is 0 Å². The molecule has 1 saturated heterocycles. The van der Waals surface area contributed by atoms with Gasteiger partial charge in [-0.15, -0.1) is 0 Å². The van der Waals surface area contributed by atoms with Crippen molar-refractivity contribution in [2.45, 2.75) is 49.5 Å². The Morgan fingerprint density at radius 2 is 2.24 bits per heavy atom. The summed E-state index contributed by atoms with van der Waals surface area (Å²) in [6.45, 7) is 1.80. The first-order valence-corrected chi connectivity index (χ1v) is 7.56. The Morgan fingerprint density at radius 1 is 1.47 bits per heavy atom. The second-order valence-electron chi connectivity index (χ2n) is 5.38. The lowest BCUT2D eigenvalue weighted by molar-refractivity contribution is -0.131. The van der Waals surface area contributed by atoms with Crippen LogP contribution in [0.25, 0.3) is 0 Å². The number of hydrogen-bond acceptors (Lipinski definition) is 2. The molecule has 4 heteroatoms. The first-order valence-electron chi connectivity index (χ1n) is 6.65. The van der Waals surface area contributed by atoms with Crippen LogP contribution in [0.15, 0.2) is 0 Å². The summed E-state index contributed by atoms with van der Waals surface area (Å²) in [7, 11) is 1.93. The molecule has 2 rings (SSSR count). The molecule has 1 saturated carbocycles. The van der Waals surface area contributed by atoms with Gasteiger partial charge in [0.2, 0.25) is 5.91 Å². The van der Waals surface area contributed by atoms with Crippen LogP contribution in [-0.2, 0) is 9.53 Å². The molecular formula is C13H22BrNO2. The third-order valence-electron chi connectivity index (χ3n) is 3.84. The topological polar surface area (TPSA) is 29.5 Å². The Balaban J connectivity index is 1.61. The maximum absolute atomic E-state index is 11.9. The summed E-state index contributed by atoms with van der Waals surface area (Å²) in [5, 5.41) is 0. The van der Waals surface area contributed by atoms with E-state index in [0.717, 1.165) is 32.4 Å². The van der Waals surface area contributed by atoms with Gasteiger partial charge in [-0.05, 0) is 38.0 Å². The minimum Gasteiger partial charge on any atom is -0.378 e. The van der Waals surface area contributed by atoms with Gasteiger partial charge < -0.3 is 9.64 Å². The van der Waals surface area contributed by atoms with Gasteiger partial charge >= 0.3 is 0 Å². The van der Waals surface area contributed by atoms with Gasteiger partial charge in [-0.1, -0.05) is 15.9 Å². The lowest BCUT2D eigenvalue weighted by atomic mass is 9.85. The molecule has 0 bridgehead atoms. The zero-order valence-electron chi connectivity index (χ0n) is 10.5. The van der Waals surface area contributed by atoms with E-state index in [0.29, 0.717) is 23.3 Å². The largest absolute Gasteiger partial charge is 0.378 e. The number of nitrogens with zero attached hydrogens (tertiary/aromatic N) is 1. The molecule has 1 atom stereocenters. The van der Waals surface area contributed by atoms with Gasteiger partial charge in [-0.25, -0.2) is 0 Å². The molecule has 0 radical (unpaired) electrons. The Bertz CT molecular complexity index is 260. The summed E-state index contributed by atoms with van der Waals surface area (Å²) in [6, 6.07) is 0. The van der Waals surface area contributed by atoms with Crippen molar-refractivity contribution in [3.63, 3.8) is 0 Å². The van der Waals surface area contributed by atoms with Crippen LogP contribution < -0.4 is 0 Å². The van der Waals surface area contributed by atoms with E-state index in [4.69, 9.17) is 4.74 Å². The molecule has 0 N–H and O–H groups in total. The minimum absolute atomic E-state index is 0.276. The molecule has 1 aliphatic carbocycles. The molecule has 3 nitrogen and oxygen atoms in total. The number of rotatable bonds is 5. The van der Waals surface area contributed by atoms with Crippen molar-refractivity contribution < 1.29 is 9.53 Å². The first kappa shape index (κ1) is 13.3. The maximum atomic E-state index is 11.9. The monoisotopic (exact) mass is 303 g/mol. The number of carbonyl (C=O) groups is 1. The van der Waals surface area contributed by atoms with Gasteiger partial charge in [0.05, 0.1) is 6.10 Å². The Hall–Kier alpha value is -0.0900. The number of amides is 1. The molecule has 98 valence electrons. The third-order valence-corrected chi connectivity index (χ3v) is 4.59. The van der Waals surface area contributed by atoms with E-state index in [9.17, 15) is 4.79 Å². The number of hydrogen-bond donors (Lipinski definition) is 0. The Morgan fingerprint density at radius 3 is 2.82 bits per heavy atom. The Kier molecular flexibility index (Phi) is 4.86. The second kappa shape index (κ2) is 6.19. The predicted molar refractivity (Wildman–Crippen MR) is 71.3 cm³/mol. The van der Waals surface area contributed by atoms with Crippen molar-refractivity contribution >= 4 is 21.8 Å². The quantitative estimate of drug-likeness (QED) is 0.731. The zero-order valence-corrected chi connectivity index (χ0v) is 12.1. The van der Waals surface area contributed by atoms with Crippen molar-refractivity contribution in [1.29, 1.82) is 0 Å². The zero-order chi connectivity index (χ0) is 12.3. The van der Waals surface area contributed by atoms with Gasteiger partial charge in [-0.3, -0.25) is 4.79 Å². The van der Waals surface area contributed by atoms with Crippen LogP contribution in [0.5, 0.6) is 0 Å². The summed E-state index contributed by atoms with van der Waals surface area (Å²) >= 11 is 3.58. The molecule has 0 aromatic heterocycles. The fraction of sp³-hybridized carbons (Fsp3) is 0.923. The highest BCUT2D eigenvalue weighted by Crippen LogP contribution is 2.33. The fourth-order valence-corrected chi connectivity index (χ4v) is 3.70. The Labute approximate surface area is 112 Å². The minimum atomic E-state index is 0.276. The van der Waals surface area contributed by atoms with Crippen molar-refractivity contribution in [1.82, 2.24) is 4.90 Å². The molecule has 1 aliphatic heterocycles. The van der Waals surface area contributed by atoms with Gasteiger partial charge in [0, 0.05) is 31.4 Å². The van der Waals surface area contributed by atoms with Crippen LogP contribution in [-0.4, -0.2) is 41.9 Å². The summed E-state index contributed by atoms with van der Waals surface area (Å²) in [4.78, 5) is 14.5. The molecule has 0 aromatic carbocycles. The third kappa shape index (κ3) is 3.95. The molecular weight excluding hydrogens is 282 g/mol. The SMILES string of the molecule is CN(CC1CC(Br)C1)C(=O)CCC1CCCO1. The van der Waals surface area contributed by atoms with E-state index in [1.165, 1.54) is 12.8 Å². The molecule has 1 heterocycles. The summed E-state index contributed by atoms with van der Waals surface area (Å²) < 4.78 is 5.53. The number of ether oxygens (including phenoxy) is 1. The van der Waals surface area contributed by atoms with E-state index < -0.39 is 0 Å². The highest BCUT2D eigenvalue weighted by Gasteiger charge is 2.28. The van der Waals surface area contributed by atoms with Gasteiger partial charge in [0.25, 0.3) is 0 Å². The lowest BCUT2D eigenvalue weighted by Crippen LogP contribution is -2.37. The molecule has 17 heavy (non-hydrogen) atoms. The maximum Gasteiger partial charge on any atom is 0.222 e. The van der Waals surface area contributed by atoms with Crippen LogP contribution in [0.3, 0.4) is 0 Å². The normalized spacial score (nSPS) is 32.2. The number of carbonyl (C=O) groups excluding carboxylic acids is 1. The standard InChI is InChI=1S/C13H22BrNO2/c1-15(9-10-7-11(14)8-10)13(16)5-4-12-3-2-6-17-12/h10-12H,2-9H2,1H3. The van der Waals surface area contributed by atoms with Gasteiger partial charge in [0.15, 0.2) is 0 Å². The predicted octanol–water partition coefficient (Wildman–Crippen LogP) is 2.58. The molecule has 2 fully saturated rings. The highest BCUT2D eigenvalue weighted by atomic mass is 79.9. The molecule has 2 aliphatic rings. The molecule has 1 amide bonds. The number of alkyl halides is 1. The summed E-state index contributed by atoms with van der Waals surface area (Å²) in [5.74, 6) is 0.981. The van der Waals surface area contributed by atoms with Gasteiger partial charge in [-0.2, -0.15) is 0 Å². The second-order valence-corrected chi connectivity index (χ2v) is 6.68. The van der Waals surface area contributed by atoms with E-state index in [2.05, 4.69) is 15.9 Å². The molecule has 0 aromatic rings. The highest BCUT2D eigenvalue weighted by molar-refractivity contribution is 9.09. The van der Waals surface area contributed by atoms with Crippen molar-refractivity contribution in [2.75, 3.05) is 20.2 Å². The average molecular weight is 304 g/mol. The van der Waals surface area contributed by atoms with E-state index in [-0.39, 0.29) is 5.91 Å². The van der Waals surface area contributed by atoms with Crippen LogP contribution in [0.4, 0.5) is 0 Å². The van der Waals surface area contributed by atoms with Crippen molar-refractivity contribution in [3.8, 4) is 0 Å². The van der Waals surface area contributed by atoms with Gasteiger partial charge in [0.1, 0.15) is 0 Å². The van der Waals surface area contributed by atoms with Crippen LogP contribution in [0.2, 0.25) is 0 Å². The fourth-order valence-electron chi connectivity index (χ4n) is 2.64. The van der Waals surface area contributed by atoms with Crippen molar-refractivity contribution in [2.24, 2.45) is 5.92 Å². The van der Waals surface area contributed by atoms with Crippen LogP contribution >= 0.6 is 15.9 Å². The van der Waals surface area contributed by atoms with Crippen LogP contribution in [0, 0.1) is 5.92 Å². The van der Waals surface area contributed by atoms with Crippen LogP contribution in [0.1, 0.15) is 38.5 Å². The number of halogens is 1. The summed E-state index contributed by atoms with van der Waals surface area (Å²) in [6.07, 6.45) is 6.59. The lowest BCUT2D eigenvalue weighted by Gasteiger charge is -2.34. The summed E-state index contributed by atoms with van der Waals surface area (Å²) in [5.41, 5.74) is 0.